The molecule has 3 rings (SSSR count). The molecule has 2 aromatic rings. The molecule has 0 unspecified atom stereocenters. The lowest BCUT2D eigenvalue weighted by Crippen LogP contribution is -2.53. The van der Waals surface area contributed by atoms with Gasteiger partial charge in [-0.2, -0.15) is 0 Å². The molecule has 2 aromatic carbocycles. The lowest BCUT2D eigenvalue weighted by atomic mass is 10.1. The zero-order valence-corrected chi connectivity index (χ0v) is 17.0. The van der Waals surface area contributed by atoms with Crippen molar-refractivity contribution in [2.45, 2.75) is 19.4 Å². The fraction of sp³-hybridized carbons (Fsp3) is 0.381. The van der Waals surface area contributed by atoms with E-state index in [0.29, 0.717) is 15.7 Å². The molecule has 6 heteroatoms. The zero-order chi connectivity index (χ0) is 19.2. The van der Waals surface area contributed by atoms with Gasteiger partial charge in [-0.05, 0) is 37.1 Å². The molecule has 4 nitrogen and oxygen atoms in total. The van der Waals surface area contributed by atoms with Crippen molar-refractivity contribution in [3.8, 4) is 0 Å². The molecule has 1 saturated heterocycles. The third kappa shape index (κ3) is 5.94. The molecule has 1 heterocycles. The minimum absolute atomic E-state index is 0.0360. The Morgan fingerprint density at radius 3 is 2.30 bits per heavy atom. The van der Waals surface area contributed by atoms with E-state index >= 15 is 0 Å². The van der Waals surface area contributed by atoms with Crippen LogP contribution in [0, 0.1) is 0 Å². The van der Waals surface area contributed by atoms with Crippen molar-refractivity contribution in [1.82, 2.24) is 9.80 Å². The van der Waals surface area contributed by atoms with Gasteiger partial charge in [0.15, 0.2) is 0 Å². The largest absolute Gasteiger partial charge is 0.325 e. The number of rotatable bonds is 6. The molecule has 1 atom stereocenters. The van der Waals surface area contributed by atoms with Crippen molar-refractivity contribution in [2.75, 3.05) is 38.0 Å². The third-order valence-corrected chi connectivity index (χ3v) is 5.46. The van der Waals surface area contributed by atoms with Crippen molar-refractivity contribution >= 4 is 34.8 Å². The first-order valence-corrected chi connectivity index (χ1v) is 10.0. The minimum atomic E-state index is -0.195. The SMILES string of the molecule is C[C@H](C(=O)Nc1cc(Cl)cc(Cl)c1)N1CCN(CCc2ccccc2)CC1. The summed E-state index contributed by atoms with van der Waals surface area (Å²) in [6, 6.07) is 15.4. The molecule has 27 heavy (non-hydrogen) atoms. The molecular formula is C21H25Cl2N3O. The van der Waals surface area contributed by atoms with Gasteiger partial charge in [-0.25, -0.2) is 0 Å². The number of piperazine rings is 1. The normalized spacial score (nSPS) is 16.9. The number of hydrogen-bond acceptors (Lipinski definition) is 3. The molecule has 0 bridgehead atoms. The molecule has 1 fully saturated rings. The predicted octanol–water partition coefficient (Wildman–Crippen LogP) is 4.18. The van der Waals surface area contributed by atoms with Crippen LogP contribution in [0.5, 0.6) is 0 Å². The molecule has 1 aliphatic heterocycles. The predicted molar refractivity (Wildman–Crippen MR) is 113 cm³/mol. The van der Waals surface area contributed by atoms with Crippen LogP contribution in [0.1, 0.15) is 12.5 Å². The first kappa shape index (κ1) is 20.2. The van der Waals surface area contributed by atoms with Gasteiger partial charge in [0.1, 0.15) is 0 Å². The number of carbonyl (C=O) groups is 1. The summed E-state index contributed by atoms with van der Waals surface area (Å²) in [5.74, 6) is -0.0360. The van der Waals surface area contributed by atoms with Crippen LogP contribution >= 0.6 is 23.2 Å². The maximum Gasteiger partial charge on any atom is 0.241 e. The van der Waals surface area contributed by atoms with Gasteiger partial charge in [0.05, 0.1) is 6.04 Å². The summed E-state index contributed by atoms with van der Waals surface area (Å²) in [5, 5.41) is 3.94. The Hall–Kier alpha value is -1.59. The molecule has 144 valence electrons. The second-order valence-corrected chi connectivity index (χ2v) is 7.81. The Morgan fingerprint density at radius 1 is 1.04 bits per heavy atom. The van der Waals surface area contributed by atoms with Gasteiger partial charge in [0, 0.05) is 48.5 Å². The Labute approximate surface area is 171 Å². The number of amides is 1. The fourth-order valence-electron chi connectivity index (χ4n) is 3.34. The Kier molecular flexibility index (Phi) is 7.13. The molecule has 0 aliphatic carbocycles. The fourth-order valence-corrected chi connectivity index (χ4v) is 3.87. The maximum atomic E-state index is 12.6. The van der Waals surface area contributed by atoms with Crippen LogP contribution < -0.4 is 5.32 Å². The quantitative estimate of drug-likeness (QED) is 0.782. The first-order chi connectivity index (χ1) is 13.0. The molecule has 0 aromatic heterocycles. The van der Waals surface area contributed by atoms with Gasteiger partial charge in [-0.3, -0.25) is 9.69 Å². The number of benzene rings is 2. The van der Waals surface area contributed by atoms with Crippen LogP contribution in [0.4, 0.5) is 5.69 Å². The molecule has 1 amide bonds. The second-order valence-electron chi connectivity index (χ2n) is 6.94. The number of carbonyl (C=O) groups excluding carboxylic acids is 1. The van der Waals surface area contributed by atoms with E-state index in [1.165, 1.54) is 5.56 Å². The summed E-state index contributed by atoms with van der Waals surface area (Å²) in [4.78, 5) is 17.3. The van der Waals surface area contributed by atoms with E-state index in [1.807, 2.05) is 13.0 Å². The van der Waals surface area contributed by atoms with Gasteiger partial charge in [-0.15, -0.1) is 0 Å². The van der Waals surface area contributed by atoms with Crippen LogP contribution in [0.3, 0.4) is 0 Å². The van der Waals surface area contributed by atoms with Crippen LogP contribution in [0.15, 0.2) is 48.5 Å². The van der Waals surface area contributed by atoms with Crippen LogP contribution in [0.2, 0.25) is 10.0 Å². The maximum absolute atomic E-state index is 12.6. The highest BCUT2D eigenvalue weighted by Gasteiger charge is 2.25. The number of nitrogens with zero attached hydrogens (tertiary/aromatic N) is 2. The summed E-state index contributed by atoms with van der Waals surface area (Å²) in [5.41, 5.74) is 2.00. The van der Waals surface area contributed by atoms with E-state index in [9.17, 15) is 4.79 Å². The van der Waals surface area contributed by atoms with E-state index in [4.69, 9.17) is 23.2 Å². The molecule has 1 N–H and O–H groups in total. The molecule has 0 spiro atoms. The Balaban J connectivity index is 1.46. The average Bonchev–Trinajstić information content (AvgIpc) is 2.66. The number of halogens is 2. The van der Waals surface area contributed by atoms with E-state index in [-0.39, 0.29) is 11.9 Å². The topological polar surface area (TPSA) is 35.6 Å². The van der Waals surface area contributed by atoms with Crippen molar-refractivity contribution in [1.29, 1.82) is 0 Å². The van der Waals surface area contributed by atoms with Gasteiger partial charge in [-0.1, -0.05) is 53.5 Å². The summed E-state index contributed by atoms with van der Waals surface area (Å²) in [6.45, 7) is 6.74. The lowest BCUT2D eigenvalue weighted by Gasteiger charge is -2.37. The van der Waals surface area contributed by atoms with E-state index in [0.717, 1.165) is 39.1 Å². The monoisotopic (exact) mass is 405 g/mol. The molecule has 0 saturated carbocycles. The van der Waals surface area contributed by atoms with Crippen LogP contribution in [-0.2, 0) is 11.2 Å². The standard InChI is InChI=1S/C21H25Cl2N3O/c1-16(21(27)24-20-14-18(22)13-19(23)15-20)26-11-9-25(10-12-26)8-7-17-5-3-2-4-6-17/h2-6,13-16H,7-12H2,1H3,(H,24,27)/t16-/m1/s1. The molecular weight excluding hydrogens is 381 g/mol. The van der Waals surface area contributed by atoms with Gasteiger partial charge in [0.2, 0.25) is 5.91 Å². The number of nitrogens with one attached hydrogen (secondary N) is 1. The van der Waals surface area contributed by atoms with Crippen molar-refractivity contribution in [3.05, 3.63) is 64.1 Å². The Morgan fingerprint density at radius 2 is 1.67 bits per heavy atom. The molecule has 0 radical (unpaired) electrons. The average molecular weight is 406 g/mol. The highest BCUT2D eigenvalue weighted by molar-refractivity contribution is 6.35. The zero-order valence-electron chi connectivity index (χ0n) is 15.5. The summed E-state index contributed by atoms with van der Waals surface area (Å²) < 4.78 is 0. The van der Waals surface area contributed by atoms with Crippen molar-refractivity contribution in [2.24, 2.45) is 0 Å². The van der Waals surface area contributed by atoms with E-state index in [1.54, 1.807) is 18.2 Å². The lowest BCUT2D eigenvalue weighted by molar-refractivity contribution is -0.121. The van der Waals surface area contributed by atoms with Gasteiger partial charge in [0.25, 0.3) is 0 Å². The third-order valence-electron chi connectivity index (χ3n) is 5.02. The molecule has 1 aliphatic rings. The second kappa shape index (κ2) is 9.56. The summed E-state index contributed by atoms with van der Waals surface area (Å²) in [6.07, 6.45) is 1.06. The number of hydrogen-bond donors (Lipinski definition) is 1. The van der Waals surface area contributed by atoms with Gasteiger partial charge < -0.3 is 10.2 Å². The van der Waals surface area contributed by atoms with E-state index in [2.05, 4.69) is 39.4 Å². The minimum Gasteiger partial charge on any atom is -0.325 e. The van der Waals surface area contributed by atoms with E-state index < -0.39 is 0 Å². The van der Waals surface area contributed by atoms with Gasteiger partial charge >= 0.3 is 0 Å². The van der Waals surface area contributed by atoms with Crippen LogP contribution in [0.25, 0.3) is 0 Å². The highest BCUT2D eigenvalue weighted by atomic mass is 35.5. The van der Waals surface area contributed by atoms with Crippen molar-refractivity contribution in [3.63, 3.8) is 0 Å². The highest BCUT2D eigenvalue weighted by Crippen LogP contribution is 2.23. The number of anilines is 1. The summed E-state index contributed by atoms with van der Waals surface area (Å²) in [7, 11) is 0. The smallest absolute Gasteiger partial charge is 0.241 e. The Bertz CT molecular complexity index is 741. The van der Waals surface area contributed by atoms with Crippen molar-refractivity contribution < 1.29 is 4.79 Å². The van der Waals surface area contributed by atoms with Crippen LogP contribution in [-0.4, -0.2) is 54.5 Å². The summed E-state index contributed by atoms with van der Waals surface area (Å²) >= 11 is 12.0. The first-order valence-electron chi connectivity index (χ1n) is 9.28.